The van der Waals surface area contributed by atoms with Gasteiger partial charge in [0.25, 0.3) is 0 Å². The van der Waals surface area contributed by atoms with Gasteiger partial charge in [0.05, 0.1) is 12.8 Å². The van der Waals surface area contributed by atoms with Crippen LogP contribution >= 0.6 is 0 Å². The number of nitrogen functional groups attached to an aromatic ring is 1. The van der Waals surface area contributed by atoms with E-state index in [4.69, 9.17) is 10.5 Å². The van der Waals surface area contributed by atoms with Crippen molar-refractivity contribution < 1.29 is 4.74 Å². The number of methoxy groups -OCH3 is 1. The molecule has 74 valence electrons. The van der Waals surface area contributed by atoms with Gasteiger partial charge in [0.2, 0.25) is 11.3 Å². The van der Waals surface area contributed by atoms with Gasteiger partial charge < -0.3 is 15.5 Å². The Morgan fingerprint density at radius 1 is 1.64 bits per heavy atom. The molecule has 14 heavy (non-hydrogen) atoms. The van der Waals surface area contributed by atoms with Crippen LogP contribution in [0.25, 0.3) is 11.0 Å². The zero-order chi connectivity index (χ0) is 10.3. The number of aryl methyl sites for hydroxylation is 1. The Labute approximate surface area is 79.3 Å². The summed E-state index contributed by atoms with van der Waals surface area (Å²) in [4.78, 5) is 14.5. The molecule has 0 radical (unpaired) electrons. The highest BCUT2D eigenvalue weighted by molar-refractivity contribution is 5.83. The number of H-pyrrole nitrogens is 1. The van der Waals surface area contributed by atoms with Gasteiger partial charge in [-0.05, 0) is 0 Å². The lowest BCUT2D eigenvalue weighted by Gasteiger charge is -1.98. The number of aromatic nitrogens is 3. The maximum absolute atomic E-state index is 11.6. The quantitative estimate of drug-likeness (QED) is 0.661. The monoisotopic (exact) mass is 194 g/mol. The van der Waals surface area contributed by atoms with Gasteiger partial charge in [-0.15, -0.1) is 0 Å². The number of nitrogens with two attached hydrogens (primary N) is 1. The molecule has 2 rings (SSSR count). The van der Waals surface area contributed by atoms with Gasteiger partial charge in [-0.3, -0.25) is 4.79 Å². The van der Waals surface area contributed by atoms with Gasteiger partial charge in [-0.25, -0.2) is 4.68 Å². The van der Waals surface area contributed by atoms with Crippen molar-refractivity contribution in [3.63, 3.8) is 0 Å². The zero-order valence-electron chi connectivity index (χ0n) is 7.87. The molecule has 0 aliphatic carbocycles. The molecule has 6 nitrogen and oxygen atoms in total. The number of nitrogens with zero attached hydrogens (tertiary/aromatic N) is 2. The standard InChI is InChI=1S/C8H10N4O2/c1-12-8(14-2)5-6(13)4(9)3-10-7(5)11-12/h3H,9H2,1-2H3,(H,10,11). The Morgan fingerprint density at radius 2 is 2.36 bits per heavy atom. The molecule has 0 bridgehead atoms. The van der Waals surface area contributed by atoms with Crippen molar-refractivity contribution in [3.05, 3.63) is 16.4 Å². The summed E-state index contributed by atoms with van der Waals surface area (Å²) < 4.78 is 6.55. The Morgan fingerprint density at radius 3 is 3.00 bits per heavy atom. The molecular weight excluding hydrogens is 184 g/mol. The van der Waals surface area contributed by atoms with Gasteiger partial charge in [0.15, 0.2) is 5.65 Å². The van der Waals surface area contributed by atoms with E-state index < -0.39 is 0 Å². The van der Waals surface area contributed by atoms with Crippen molar-refractivity contribution in [2.45, 2.75) is 0 Å². The minimum Gasteiger partial charge on any atom is -0.481 e. The molecule has 0 amide bonds. The maximum Gasteiger partial charge on any atom is 0.225 e. The fourth-order valence-corrected chi connectivity index (χ4v) is 1.40. The van der Waals surface area contributed by atoms with E-state index in [2.05, 4.69) is 10.1 Å². The second kappa shape index (κ2) is 2.76. The Kier molecular flexibility index (Phi) is 1.70. The van der Waals surface area contributed by atoms with Gasteiger partial charge in [-0.1, -0.05) is 0 Å². The average Bonchev–Trinajstić information content (AvgIpc) is 2.48. The molecule has 0 aromatic carbocycles. The molecule has 6 heteroatoms. The summed E-state index contributed by atoms with van der Waals surface area (Å²) in [6, 6.07) is 0. The molecule has 0 saturated heterocycles. The summed E-state index contributed by atoms with van der Waals surface area (Å²) in [5, 5.41) is 4.45. The van der Waals surface area contributed by atoms with E-state index in [-0.39, 0.29) is 11.1 Å². The van der Waals surface area contributed by atoms with Crippen LogP contribution in [0.4, 0.5) is 5.69 Å². The van der Waals surface area contributed by atoms with Crippen LogP contribution in [0.5, 0.6) is 5.88 Å². The number of nitrogens with one attached hydrogen (secondary N) is 1. The highest BCUT2D eigenvalue weighted by Crippen LogP contribution is 2.19. The van der Waals surface area contributed by atoms with Crippen LogP contribution in [0.15, 0.2) is 11.0 Å². The number of aromatic amines is 1. The van der Waals surface area contributed by atoms with Gasteiger partial charge in [-0.2, -0.15) is 5.10 Å². The fraction of sp³-hybridized carbons (Fsp3) is 0.250. The van der Waals surface area contributed by atoms with Crippen LogP contribution in [0.2, 0.25) is 0 Å². The number of anilines is 1. The van der Waals surface area contributed by atoms with Crippen LogP contribution in [0.1, 0.15) is 0 Å². The topological polar surface area (TPSA) is 85.9 Å². The van der Waals surface area contributed by atoms with Crippen molar-refractivity contribution in [2.75, 3.05) is 12.8 Å². The summed E-state index contributed by atoms with van der Waals surface area (Å²) in [6.45, 7) is 0. The number of hydrogen-bond donors (Lipinski definition) is 2. The maximum atomic E-state index is 11.6. The van der Waals surface area contributed by atoms with E-state index in [1.807, 2.05) is 0 Å². The third kappa shape index (κ3) is 0.968. The number of ether oxygens (including phenoxy) is 1. The van der Waals surface area contributed by atoms with Gasteiger partial charge >= 0.3 is 0 Å². The largest absolute Gasteiger partial charge is 0.481 e. The van der Waals surface area contributed by atoms with E-state index in [1.165, 1.54) is 18.0 Å². The van der Waals surface area contributed by atoms with Crippen molar-refractivity contribution in [1.82, 2.24) is 14.8 Å². The second-order valence-corrected chi connectivity index (χ2v) is 2.93. The van der Waals surface area contributed by atoms with E-state index >= 15 is 0 Å². The third-order valence-electron chi connectivity index (χ3n) is 2.04. The van der Waals surface area contributed by atoms with Crippen molar-refractivity contribution in [3.8, 4) is 5.88 Å². The predicted molar refractivity (Wildman–Crippen MR) is 52.3 cm³/mol. The second-order valence-electron chi connectivity index (χ2n) is 2.93. The van der Waals surface area contributed by atoms with E-state index in [0.717, 1.165) is 0 Å². The molecule has 0 spiro atoms. The highest BCUT2D eigenvalue weighted by atomic mass is 16.5. The molecule has 2 aromatic rings. The summed E-state index contributed by atoms with van der Waals surface area (Å²) in [7, 11) is 3.18. The van der Waals surface area contributed by atoms with E-state index in [1.54, 1.807) is 7.05 Å². The Balaban J connectivity index is 2.98. The summed E-state index contributed by atoms with van der Waals surface area (Å²) in [5.74, 6) is 0.411. The molecule has 0 atom stereocenters. The van der Waals surface area contributed by atoms with Crippen molar-refractivity contribution in [2.24, 2.45) is 7.05 Å². The third-order valence-corrected chi connectivity index (χ3v) is 2.04. The molecule has 0 fully saturated rings. The van der Waals surface area contributed by atoms with Crippen molar-refractivity contribution >= 4 is 16.7 Å². The average molecular weight is 194 g/mol. The molecule has 3 N–H and O–H groups in total. The van der Waals surface area contributed by atoms with Crippen molar-refractivity contribution in [1.29, 1.82) is 0 Å². The Bertz CT molecular complexity index is 540. The molecular formula is C8H10N4O2. The lowest BCUT2D eigenvalue weighted by atomic mass is 10.3. The zero-order valence-corrected chi connectivity index (χ0v) is 7.87. The molecule has 0 aliphatic rings. The number of pyridine rings is 1. The molecule has 2 aromatic heterocycles. The van der Waals surface area contributed by atoms with Gasteiger partial charge in [0, 0.05) is 13.2 Å². The SMILES string of the molecule is COc1c2c(=O)c(N)c[nH]c2nn1C. The van der Waals surface area contributed by atoms with E-state index in [0.29, 0.717) is 16.9 Å². The highest BCUT2D eigenvalue weighted by Gasteiger charge is 2.14. The van der Waals surface area contributed by atoms with Crippen LogP contribution < -0.4 is 15.9 Å². The number of rotatable bonds is 1. The summed E-state index contributed by atoms with van der Waals surface area (Å²) >= 11 is 0. The predicted octanol–water partition coefficient (Wildman–Crippen LogP) is -0.148. The summed E-state index contributed by atoms with van der Waals surface area (Å²) in [5.41, 5.74) is 5.85. The van der Waals surface area contributed by atoms with Crippen LogP contribution in [-0.4, -0.2) is 21.9 Å². The molecule has 0 saturated carbocycles. The number of hydrogen-bond acceptors (Lipinski definition) is 4. The normalized spacial score (nSPS) is 10.7. The lowest BCUT2D eigenvalue weighted by molar-refractivity contribution is 0.377. The fourth-order valence-electron chi connectivity index (χ4n) is 1.40. The molecule has 0 aliphatic heterocycles. The Hall–Kier alpha value is -1.98. The van der Waals surface area contributed by atoms with Crippen LogP contribution in [-0.2, 0) is 7.05 Å². The smallest absolute Gasteiger partial charge is 0.225 e. The first-order valence-corrected chi connectivity index (χ1v) is 4.03. The van der Waals surface area contributed by atoms with Crippen LogP contribution in [0.3, 0.4) is 0 Å². The first-order valence-electron chi connectivity index (χ1n) is 4.03. The first-order chi connectivity index (χ1) is 6.65. The molecule has 2 heterocycles. The van der Waals surface area contributed by atoms with Gasteiger partial charge in [0.1, 0.15) is 5.39 Å². The number of fused-ring (bicyclic) bond motifs is 1. The lowest BCUT2D eigenvalue weighted by Crippen LogP contribution is -2.08. The minimum atomic E-state index is -0.260. The van der Waals surface area contributed by atoms with Crippen LogP contribution in [0, 0.1) is 0 Å². The van der Waals surface area contributed by atoms with E-state index in [9.17, 15) is 4.79 Å². The summed E-state index contributed by atoms with van der Waals surface area (Å²) in [6.07, 6.45) is 1.43. The molecule has 0 unspecified atom stereocenters. The first kappa shape index (κ1) is 8.61. The minimum absolute atomic E-state index is 0.156.